The van der Waals surface area contributed by atoms with Crippen LogP contribution < -0.4 is 0 Å². The van der Waals surface area contributed by atoms with Gasteiger partial charge in [0.2, 0.25) is 0 Å². The lowest BCUT2D eigenvalue weighted by Crippen LogP contribution is -2.18. The molecule has 2 heteroatoms. The lowest BCUT2D eigenvalue weighted by molar-refractivity contribution is 0.208. The van der Waals surface area contributed by atoms with E-state index in [1.807, 2.05) is 0 Å². The average molecular weight is 433 g/mol. The van der Waals surface area contributed by atoms with Crippen LogP contribution in [0.25, 0.3) is 0 Å². The highest BCUT2D eigenvalue weighted by atomic mass is 19.2. The summed E-state index contributed by atoms with van der Waals surface area (Å²) in [5.74, 6) is 2.31. The standard InChI is InChI=1S/C29H46F2/c1-2-3-4-5-6-7-23-8-10-24(11-9-23)12-13-25-14-16-26(17-15-25)18-19-27-20-21-28(30)29(31)22-27/h20-26H,2-19H2,1H3/t23-,24-,25-,26-. The van der Waals surface area contributed by atoms with E-state index in [0.29, 0.717) is 0 Å². The topological polar surface area (TPSA) is 0 Å². The third-order valence-electron chi connectivity index (χ3n) is 8.46. The normalized spacial score (nSPS) is 26.8. The van der Waals surface area contributed by atoms with Crippen molar-refractivity contribution in [2.75, 3.05) is 0 Å². The second-order valence-corrected chi connectivity index (χ2v) is 10.8. The zero-order valence-corrected chi connectivity index (χ0v) is 20.0. The molecule has 0 aromatic heterocycles. The molecule has 2 saturated carbocycles. The van der Waals surface area contributed by atoms with E-state index in [1.54, 1.807) is 6.07 Å². The van der Waals surface area contributed by atoms with Gasteiger partial charge in [-0.05, 0) is 54.2 Å². The summed E-state index contributed by atoms with van der Waals surface area (Å²) < 4.78 is 26.5. The van der Waals surface area contributed by atoms with Crippen molar-refractivity contribution in [1.82, 2.24) is 0 Å². The highest BCUT2D eigenvalue weighted by Gasteiger charge is 2.24. The summed E-state index contributed by atoms with van der Waals surface area (Å²) in [4.78, 5) is 0. The minimum absolute atomic E-state index is 0.706. The molecule has 0 aliphatic heterocycles. The van der Waals surface area contributed by atoms with Crippen molar-refractivity contribution < 1.29 is 8.78 Å². The molecule has 0 N–H and O–H groups in total. The number of unbranched alkanes of at least 4 members (excludes halogenated alkanes) is 4. The molecule has 0 atom stereocenters. The molecule has 0 amide bonds. The fraction of sp³-hybridized carbons (Fsp3) is 0.793. The van der Waals surface area contributed by atoms with Gasteiger partial charge in [-0.25, -0.2) is 8.78 Å². The van der Waals surface area contributed by atoms with E-state index in [4.69, 9.17) is 0 Å². The van der Waals surface area contributed by atoms with Crippen LogP contribution in [0.4, 0.5) is 8.78 Å². The molecule has 0 heterocycles. The van der Waals surface area contributed by atoms with Gasteiger partial charge in [0.15, 0.2) is 11.6 Å². The molecule has 2 aliphatic carbocycles. The Balaban J connectivity index is 1.23. The summed E-state index contributed by atoms with van der Waals surface area (Å²) >= 11 is 0. The molecule has 176 valence electrons. The maximum atomic E-state index is 13.4. The van der Waals surface area contributed by atoms with Crippen LogP contribution in [0.1, 0.15) is 122 Å². The number of halogens is 2. The molecule has 1 aromatic rings. The molecule has 1 aromatic carbocycles. The van der Waals surface area contributed by atoms with Gasteiger partial charge in [-0.1, -0.05) is 116 Å². The van der Waals surface area contributed by atoms with Gasteiger partial charge in [0.25, 0.3) is 0 Å². The van der Waals surface area contributed by atoms with Gasteiger partial charge in [0.1, 0.15) is 0 Å². The van der Waals surface area contributed by atoms with Crippen LogP contribution in [0.5, 0.6) is 0 Å². The van der Waals surface area contributed by atoms with Crippen LogP contribution in [-0.2, 0) is 6.42 Å². The summed E-state index contributed by atoms with van der Waals surface area (Å²) in [6.07, 6.45) is 25.0. The minimum atomic E-state index is -0.736. The van der Waals surface area contributed by atoms with Gasteiger partial charge in [-0.3, -0.25) is 0 Å². The molecule has 31 heavy (non-hydrogen) atoms. The highest BCUT2D eigenvalue weighted by Crippen LogP contribution is 2.38. The molecule has 0 radical (unpaired) electrons. The molecule has 0 saturated heterocycles. The molecule has 2 fully saturated rings. The van der Waals surface area contributed by atoms with Crippen LogP contribution >= 0.6 is 0 Å². The van der Waals surface area contributed by atoms with Crippen LogP contribution in [0.2, 0.25) is 0 Å². The molecular weight excluding hydrogens is 386 g/mol. The Labute approximate surface area is 190 Å². The van der Waals surface area contributed by atoms with E-state index in [2.05, 4.69) is 6.92 Å². The smallest absolute Gasteiger partial charge is 0.159 e. The number of benzene rings is 1. The van der Waals surface area contributed by atoms with Gasteiger partial charge in [-0.15, -0.1) is 0 Å². The zero-order valence-electron chi connectivity index (χ0n) is 20.0. The van der Waals surface area contributed by atoms with E-state index >= 15 is 0 Å². The molecular formula is C29H46F2. The summed E-state index contributed by atoms with van der Waals surface area (Å²) in [7, 11) is 0. The van der Waals surface area contributed by atoms with E-state index < -0.39 is 11.6 Å². The quantitative estimate of drug-likeness (QED) is 0.288. The summed E-state index contributed by atoms with van der Waals surface area (Å²) in [6, 6.07) is 4.38. The Morgan fingerprint density at radius 2 is 1.13 bits per heavy atom. The molecule has 2 aliphatic rings. The Morgan fingerprint density at radius 1 is 0.613 bits per heavy atom. The number of aryl methyl sites for hydroxylation is 1. The summed E-state index contributed by atoms with van der Waals surface area (Å²) in [5, 5.41) is 0. The summed E-state index contributed by atoms with van der Waals surface area (Å²) in [6.45, 7) is 2.30. The largest absolute Gasteiger partial charge is 0.204 e. The minimum Gasteiger partial charge on any atom is -0.204 e. The number of hydrogen-bond acceptors (Lipinski definition) is 0. The second-order valence-electron chi connectivity index (χ2n) is 10.8. The lowest BCUT2D eigenvalue weighted by Gasteiger charge is -2.32. The van der Waals surface area contributed by atoms with Crippen molar-refractivity contribution in [3.05, 3.63) is 35.4 Å². The molecule has 0 unspecified atom stereocenters. The van der Waals surface area contributed by atoms with E-state index in [9.17, 15) is 8.78 Å². The predicted octanol–water partition coefficient (Wildman–Crippen LogP) is 9.65. The van der Waals surface area contributed by atoms with Crippen LogP contribution in [0.15, 0.2) is 18.2 Å². The van der Waals surface area contributed by atoms with Gasteiger partial charge in [0, 0.05) is 0 Å². The average Bonchev–Trinajstić information content (AvgIpc) is 2.80. The fourth-order valence-electron chi connectivity index (χ4n) is 6.19. The zero-order chi connectivity index (χ0) is 21.9. The second kappa shape index (κ2) is 13.6. The van der Waals surface area contributed by atoms with Crippen molar-refractivity contribution in [2.24, 2.45) is 23.7 Å². The number of rotatable bonds is 12. The van der Waals surface area contributed by atoms with Gasteiger partial charge in [-0.2, -0.15) is 0 Å². The number of hydrogen-bond donors (Lipinski definition) is 0. The van der Waals surface area contributed by atoms with Gasteiger partial charge < -0.3 is 0 Å². The maximum Gasteiger partial charge on any atom is 0.159 e. The Hall–Kier alpha value is -0.920. The highest BCUT2D eigenvalue weighted by molar-refractivity contribution is 5.17. The van der Waals surface area contributed by atoms with Crippen molar-refractivity contribution in [2.45, 2.75) is 122 Å². The van der Waals surface area contributed by atoms with Crippen molar-refractivity contribution >= 4 is 0 Å². The Bertz CT molecular complexity index is 609. The van der Waals surface area contributed by atoms with Crippen LogP contribution in [0.3, 0.4) is 0 Å². The molecule has 0 nitrogen and oxygen atoms in total. The van der Waals surface area contributed by atoms with E-state index in [0.717, 1.165) is 42.1 Å². The Kier molecular flexibility index (Phi) is 10.8. The van der Waals surface area contributed by atoms with Gasteiger partial charge in [0.05, 0.1) is 0 Å². The maximum absolute atomic E-state index is 13.4. The van der Waals surface area contributed by atoms with Crippen molar-refractivity contribution in [3.8, 4) is 0 Å². The van der Waals surface area contributed by atoms with Crippen LogP contribution in [0, 0.1) is 35.3 Å². The first kappa shape index (κ1) is 24.7. The van der Waals surface area contributed by atoms with Gasteiger partial charge >= 0.3 is 0 Å². The monoisotopic (exact) mass is 432 g/mol. The third-order valence-corrected chi connectivity index (χ3v) is 8.46. The molecule has 0 spiro atoms. The first-order valence-electron chi connectivity index (χ1n) is 13.6. The predicted molar refractivity (Wildman–Crippen MR) is 128 cm³/mol. The first-order chi connectivity index (χ1) is 15.1. The van der Waals surface area contributed by atoms with Crippen molar-refractivity contribution in [3.63, 3.8) is 0 Å². The molecule has 0 bridgehead atoms. The van der Waals surface area contributed by atoms with E-state index in [1.165, 1.54) is 115 Å². The summed E-state index contributed by atoms with van der Waals surface area (Å²) in [5.41, 5.74) is 0.942. The SMILES string of the molecule is CCCCCCC[C@H]1CC[C@H](CC[C@H]2CC[C@H](CCc3ccc(F)c(F)c3)CC2)CC1. The van der Waals surface area contributed by atoms with Crippen LogP contribution in [-0.4, -0.2) is 0 Å². The molecule has 3 rings (SSSR count). The Morgan fingerprint density at radius 3 is 1.68 bits per heavy atom. The fourth-order valence-corrected chi connectivity index (χ4v) is 6.19. The first-order valence-corrected chi connectivity index (χ1v) is 13.6. The lowest BCUT2D eigenvalue weighted by atomic mass is 9.74. The third kappa shape index (κ3) is 8.85. The van der Waals surface area contributed by atoms with E-state index in [-0.39, 0.29) is 0 Å². The van der Waals surface area contributed by atoms with Crippen molar-refractivity contribution in [1.29, 1.82) is 0 Å².